The number of carbonyl (C=O) groups excluding carboxylic acids is 5. The Morgan fingerprint density at radius 1 is 0.338 bits per heavy atom. The van der Waals surface area contributed by atoms with Gasteiger partial charge in [-0.2, -0.15) is 0 Å². The summed E-state index contributed by atoms with van der Waals surface area (Å²) in [5.74, 6) is -10.1. The Morgan fingerprint density at radius 3 is 1.14 bits per heavy atom. The third kappa shape index (κ3) is 27.0. The highest BCUT2D eigenvalue weighted by molar-refractivity contribution is 5.77. The number of aliphatic hydroxyl groups excluding tert-OH is 31. The van der Waals surface area contributed by atoms with Crippen LogP contribution < -0.4 is 26.6 Å². The first kappa shape index (κ1) is 119. The summed E-state index contributed by atoms with van der Waals surface area (Å²) in [4.78, 5) is 77.4. The van der Waals surface area contributed by atoms with E-state index in [0.717, 1.165) is 34.6 Å². The van der Waals surface area contributed by atoms with E-state index in [1.54, 1.807) is 0 Å². The lowest BCUT2D eigenvalue weighted by atomic mass is 9.88. The number of aliphatic hydroxyl groups is 31. The van der Waals surface area contributed by atoms with Crippen LogP contribution in [0, 0.1) is 0 Å². The molecule has 0 aromatic rings. The molecule has 10 heterocycles. The van der Waals surface area contributed by atoms with Gasteiger partial charge in [-0.3, -0.25) is 24.0 Å². The number of carboxylic acid groups (broad SMARTS) is 1. The number of rotatable bonds is 42. The fourth-order valence-corrected chi connectivity index (χ4v) is 17.9. The Bertz CT molecular complexity index is 3950. The minimum absolute atomic E-state index is 0.842. The van der Waals surface area contributed by atoms with Gasteiger partial charge in [-0.25, -0.2) is 4.79 Å². The van der Waals surface area contributed by atoms with Gasteiger partial charge in [-0.1, -0.05) is 0 Å². The minimum atomic E-state index is -3.13. The normalized spacial score (nSPS) is 45.7. The molecule has 37 N–H and O–H groups in total. The van der Waals surface area contributed by atoms with Crippen LogP contribution in [0.4, 0.5) is 0 Å². The number of hydrogen-bond donors (Lipinski definition) is 37. The standard InChI is InChI=1S/C79H133N5O58/c1-19-41(101)52(112)57(117)72(126-19)123-16-28(100)61(42(102)25(8-85)80-20(2)93)135-69-38(82-22(4)95)49(109)64(34(15-92)130-69)138-75-60(120)66(48(108)35(133-75)17-124-76-67(55(115)45(105)30(11-88)128-76)140-70-39(83-23(5)96)50(110)62(32(13-90)131-70)136-73-58(118)53(113)44(104)29(10-87)127-73)139-77-68(56(116)46(106)31(12-89)129-77)141-71-40(84-24(6)97)51(111)63(33(14-91)132-71)137-74-59(119)54(114)47(107)36(134-74)18-125-79(78(121)122)7-26(98)37(81-21(3)94)65(142-79)43(103)27(99)9-86/h19,25-77,85-92,98-120H,7-18H2,1-6H3,(H,80,93)(H,81,94)(H,82,95)(H,83,96)(H,84,97)(H,121,122)/t19-,25-,26-,27+,28+,29+,30+,31+,32+,33+,34+,35+,36+,37+,38+,39+,40+,41+,42+,43+,44-,45+,46+,47-,48+,49+,50+,51+,52+,53-,54-,55-,56-,57-,58+,59+,60-,61+,62+,63+,64+,65+,66-,67-,68-,69-,70-,71-,72+,73-,74-,75-,76-,77+,79+/m0/s1. The van der Waals surface area contributed by atoms with Crippen molar-refractivity contribution in [2.75, 3.05) is 72.7 Å². The third-order valence-corrected chi connectivity index (χ3v) is 25.6. The van der Waals surface area contributed by atoms with E-state index in [1.807, 2.05) is 0 Å². The molecule has 0 spiro atoms. The molecule has 10 saturated heterocycles. The van der Waals surface area contributed by atoms with Crippen LogP contribution in [-0.4, -0.2) is 608 Å². The average molecular weight is 2080 g/mol. The molecule has 5 amide bonds. The molecule has 0 unspecified atom stereocenters. The molecular weight excluding hydrogens is 1950 g/mol. The highest BCUT2D eigenvalue weighted by atomic mass is 16.8. The molecule has 10 aliphatic heterocycles. The predicted molar refractivity (Wildman–Crippen MR) is 438 cm³/mol. The van der Waals surface area contributed by atoms with Gasteiger partial charge in [0.25, 0.3) is 5.79 Å². The number of carbonyl (C=O) groups is 6. The number of carboxylic acids is 1. The van der Waals surface area contributed by atoms with Crippen molar-refractivity contribution in [3.05, 3.63) is 0 Å². The molecule has 10 aliphatic rings. The topological polar surface area (TPSA) is 995 Å². The Labute approximate surface area is 804 Å². The summed E-state index contributed by atoms with van der Waals surface area (Å²) in [6.07, 6.45) is -109. The number of amides is 5. The van der Waals surface area contributed by atoms with Gasteiger partial charge >= 0.3 is 5.97 Å². The molecule has 63 heteroatoms. The second-order valence-corrected chi connectivity index (χ2v) is 35.8. The molecule has 0 saturated carbocycles. The van der Waals surface area contributed by atoms with Crippen molar-refractivity contribution in [1.82, 2.24) is 26.6 Å². The lowest BCUT2D eigenvalue weighted by Gasteiger charge is -2.51. The van der Waals surface area contributed by atoms with Crippen molar-refractivity contribution in [1.29, 1.82) is 0 Å². The third-order valence-electron chi connectivity index (χ3n) is 25.6. The van der Waals surface area contributed by atoms with Crippen LogP contribution in [0.3, 0.4) is 0 Å². The Hall–Kier alpha value is -5.22. The molecule has 55 atom stereocenters. The van der Waals surface area contributed by atoms with Crippen LogP contribution in [0.5, 0.6) is 0 Å². The smallest absolute Gasteiger partial charge is 0.364 e. The Morgan fingerprint density at radius 2 is 0.704 bits per heavy atom. The van der Waals surface area contributed by atoms with Gasteiger partial charge in [0.15, 0.2) is 56.6 Å². The van der Waals surface area contributed by atoms with Gasteiger partial charge < -0.3 is 285 Å². The molecule has 0 aliphatic carbocycles. The van der Waals surface area contributed by atoms with E-state index < -0.39 is 451 Å². The summed E-state index contributed by atoms with van der Waals surface area (Å²) in [5, 5.41) is 370. The van der Waals surface area contributed by atoms with Crippen molar-refractivity contribution >= 4 is 35.5 Å². The molecule has 0 aromatic carbocycles. The summed E-state index contributed by atoms with van der Waals surface area (Å²) in [7, 11) is 0. The highest BCUT2D eigenvalue weighted by Gasteiger charge is 2.63. The van der Waals surface area contributed by atoms with Gasteiger partial charge in [-0.15, -0.1) is 0 Å². The van der Waals surface area contributed by atoms with Crippen molar-refractivity contribution in [3.8, 4) is 0 Å². The number of aliphatic carboxylic acids is 1. The van der Waals surface area contributed by atoms with Crippen molar-refractivity contribution in [2.24, 2.45) is 0 Å². The maximum Gasteiger partial charge on any atom is 0.364 e. The summed E-state index contributed by atoms with van der Waals surface area (Å²) < 4.78 is 119. The van der Waals surface area contributed by atoms with Crippen molar-refractivity contribution in [2.45, 2.75) is 385 Å². The van der Waals surface area contributed by atoms with Crippen LogP contribution >= 0.6 is 0 Å². The SMILES string of the molecule is CC(=O)N[C@H]1[C@H](O[C@@H]([C@H](O)[C@H](CO)NC(C)=O)[C@H](O)CO[C@@H]2O[C@@H](C)[C@@H](O)[C@@H](O)[C@@H]2O)O[C@H](CO)[C@@H](O[C@@H]2O[C@H](CO[C@H]3O[C@H](CO)[C@@H](O)[C@H](O)[C@@H]3O[C@@H]3O[C@H](CO)[C@@H](O[C@@H]4O[C@H](CO)[C@H](O)[C@H](O)[C@H]4O)[C@H](O)[C@H]3NC(C)=O)[C@@H](O)[C@H](O[C@H]3O[C@H](CO)[C@@H](O)[C@H](O)[C@@H]3O[C@@H]3O[C@H](CO)[C@@H](O[C@@H]4O[C@H](CO[C@]5(C(=O)O)C[C@H](O)[C@@H](NC(C)=O)[C@H]([C@H](O)[C@H](O)CO)O5)[C@H](O)[C@H](O)[C@H]4O)[C@H](O)[C@H]3NC(C)=O)[C@@H]2O)[C@@H]1O. The average Bonchev–Trinajstić information content (AvgIpc) is 0.763. The molecule has 822 valence electrons. The number of nitrogens with one attached hydrogen (secondary N) is 5. The Kier molecular flexibility index (Phi) is 43.5. The van der Waals surface area contributed by atoms with E-state index in [2.05, 4.69) is 26.6 Å². The Balaban J connectivity index is 0.978. The summed E-state index contributed by atoms with van der Waals surface area (Å²) in [6, 6.07) is -9.78. The number of ether oxygens (including phenoxy) is 20. The van der Waals surface area contributed by atoms with Crippen molar-refractivity contribution < 1.29 is 287 Å². The molecule has 63 nitrogen and oxygen atoms in total. The zero-order valence-electron chi connectivity index (χ0n) is 76.6. The summed E-state index contributed by atoms with van der Waals surface area (Å²) in [6.45, 7) is -7.53. The maximum atomic E-state index is 13.3. The molecule has 0 bridgehead atoms. The highest BCUT2D eigenvalue weighted by Crippen LogP contribution is 2.42. The van der Waals surface area contributed by atoms with Gasteiger partial charge in [0, 0.05) is 41.0 Å². The fraction of sp³-hybridized carbons (Fsp3) is 0.924. The van der Waals surface area contributed by atoms with Gasteiger partial charge in [0.1, 0.15) is 250 Å². The number of hydrogen-bond acceptors (Lipinski definition) is 57. The zero-order chi connectivity index (χ0) is 105. The van der Waals surface area contributed by atoms with E-state index in [1.165, 1.54) is 6.92 Å². The quantitative estimate of drug-likeness (QED) is 0.0270. The van der Waals surface area contributed by atoms with Gasteiger partial charge in [-0.05, 0) is 6.92 Å². The molecule has 0 radical (unpaired) electrons. The van der Waals surface area contributed by atoms with Crippen LogP contribution in [0.15, 0.2) is 0 Å². The predicted octanol–water partition coefficient (Wildman–Crippen LogP) is -24.4. The minimum Gasteiger partial charge on any atom is -0.477 e. The molecule has 0 aromatic heterocycles. The van der Waals surface area contributed by atoms with Crippen LogP contribution in [-0.2, 0) is 124 Å². The molecule has 10 rings (SSSR count). The second kappa shape index (κ2) is 52.0. The van der Waals surface area contributed by atoms with E-state index in [-0.39, 0.29) is 0 Å². The largest absolute Gasteiger partial charge is 0.477 e. The monoisotopic (exact) mass is 2080 g/mol. The lowest BCUT2D eigenvalue weighted by Crippen LogP contribution is -2.70. The second-order valence-electron chi connectivity index (χ2n) is 35.8. The van der Waals surface area contributed by atoms with Crippen LogP contribution in [0.2, 0.25) is 0 Å². The van der Waals surface area contributed by atoms with E-state index in [0.29, 0.717) is 0 Å². The molecule has 142 heavy (non-hydrogen) atoms. The fourth-order valence-electron chi connectivity index (χ4n) is 17.9. The molecular formula is C79H133N5O58. The first-order valence-electron chi connectivity index (χ1n) is 45.0. The zero-order valence-corrected chi connectivity index (χ0v) is 76.6. The first-order valence-corrected chi connectivity index (χ1v) is 45.0. The van der Waals surface area contributed by atoms with E-state index in [9.17, 15) is 192 Å². The van der Waals surface area contributed by atoms with E-state index >= 15 is 0 Å². The van der Waals surface area contributed by atoms with Gasteiger partial charge in [0.05, 0.1) is 97.0 Å². The van der Waals surface area contributed by atoms with E-state index in [4.69, 9.17) is 94.7 Å². The van der Waals surface area contributed by atoms with Crippen molar-refractivity contribution in [3.63, 3.8) is 0 Å². The van der Waals surface area contributed by atoms with Gasteiger partial charge in [0.2, 0.25) is 29.5 Å². The first-order chi connectivity index (χ1) is 66.9. The lowest BCUT2D eigenvalue weighted by molar-refractivity contribution is -0.399. The summed E-state index contributed by atoms with van der Waals surface area (Å²) in [5.41, 5.74) is 0. The van der Waals surface area contributed by atoms with Crippen LogP contribution in [0.1, 0.15) is 48.0 Å². The van der Waals surface area contributed by atoms with Crippen LogP contribution in [0.25, 0.3) is 0 Å². The summed E-state index contributed by atoms with van der Waals surface area (Å²) >= 11 is 0. The molecule has 10 fully saturated rings. The maximum absolute atomic E-state index is 13.3.